The molecule has 0 aromatic rings. The van der Waals surface area contributed by atoms with Crippen LogP contribution in [0.15, 0.2) is 24.3 Å². The Balaban J connectivity index is 4.74. The van der Waals surface area contributed by atoms with Gasteiger partial charge in [0.05, 0.1) is 0 Å². The van der Waals surface area contributed by atoms with Crippen molar-refractivity contribution in [2.24, 2.45) is 10.8 Å². The third-order valence-electron chi connectivity index (χ3n) is 5.54. The largest absolute Gasteiger partial charge is 0.356 e. The minimum absolute atomic E-state index is 0.0617. The highest BCUT2D eigenvalue weighted by atomic mass is 16.2. The van der Waals surface area contributed by atoms with E-state index in [-0.39, 0.29) is 28.6 Å². The molecule has 0 aromatic heterocycles. The van der Waals surface area contributed by atoms with E-state index in [0.29, 0.717) is 30.8 Å². The molecule has 0 spiro atoms. The van der Waals surface area contributed by atoms with Gasteiger partial charge in [-0.1, -0.05) is 40.9 Å². The van der Waals surface area contributed by atoms with Crippen molar-refractivity contribution in [3.05, 3.63) is 24.3 Å². The van der Waals surface area contributed by atoms with Crippen molar-refractivity contribution in [2.75, 3.05) is 19.6 Å². The quantitative estimate of drug-likeness (QED) is 0.304. The molecule has 0 aliphatic heterocycles. The molecule has 1 atom stereocenters. The second-order valence-electron chi connectivity index (χ2n) is 8.98. The summed E-state index contributed by atoms with van der Waals surface area (Å²) in [4.78, 5) is 35.7. The van der Waals surface area contributed by atoms with E-state index in [4.69, 9.17) is 0 Å². The summed E-state index contributed by atoms with van der Waals surface area (Å²) in [6, 6.07) is 0. The lowest BCUT2D eigenvalue weighted by molar-refractivity contribution is -0.129. The summed E-state index contributed by atoms with van der Waals surface area (Å²) in [7, 11) is 0. The van der Waals surface area contributed by atoms with Crippen molar-refractivity contribution < 1.29 is 14.4 Å². The van der Waals surface area contributed by atoms with Crippen molar-refractivity contribution in [2.45, 2.75) is 73.6 Å². The molecule has 0 saturated carbocycles. The van der Waals surface area contributed by atoms with Crippen LogP contribution >= 0.6 is 0 Å². The van der Waals surface area contributed by atoms with Crippen molar-refractivity contribution >= 4 is 17.7 Å². The summed E-state index contributed by atoms with van der Waals surface area (Å²) in [5.41, 5.74) is 0.540. The second-order valence-corrected chi connectivity index (χ2v) is 8.98. The SMILES string of the molecule is C=C(C)C(=O)NCCCC(C)(CCNC(=O)C(=C)C)CCNC(=O)C(C)(C)CC. The summed E-state index contributed by atoms with van der Waals surface area (Å²) < 4.78 is 0. The maximum Gasteiger partial charge on any atom is 0.246 e. The molecule has 166 valence electrons. The third kappa shape index (κ3) is 10.9. The fourth-order valence-electron chi connectivity index (χ4n) is 2.75. The Kier molecular flexibility index (Phi) is 11.5. The molecule has 6 nitrogen and oxygen atoms in total. The molecule has 0 heterocycles. The predicted molar refractivity (Wildman–Crippen MR) is 119 cm³/mol. The number of hydrogen-bond acceptors (Lipinski definition) is 3. The molecule has 1 unspecified atom stereocenters. The van der Waals surface area contributed by atoms with Crippen LogP contribution in [-0.4, -0.2) is 37.4 Å². The van der Waals surface area contributed by atoms with E-state index < -0.39 is 0 Å². The van der Waals surface area contributed by atoms with Gasteiger partial charge < -0.3 is 16.0 Å². The van der Waals surface area contributed by atoms with Crippen LogP contribution in [0.1, 0.15) is 73.6 Å². The topological polar surface area (TPSA) is 87.3 Å². The van der Waals surface area contributed by atoms with Crippen LogP contribution in [-0.2, 0) is 14.4 Å². The molecule has 6 heteroatoms. The molecule has 29 heavy (non-hydrogen) atoms. The lowest BCUT2D eigenvalue weighted by Gasteiger charge is -2.31. The highest BCUT2D eigenvalue weighted by Crippen LogP contribution is 2.31. The summed E-state index contributed by atoms with van der Waals surface area (Å²) in [6.45, 7) is 20.4. The standard InChI is InChI=1S/C23H41N3O3/c1-9-22(6,7)21(29)26-16-13-23(8,12-15-25-20(28)18(4)5)11-10-14-24-19(27)17(2)3/h2,4,9-16H2,1,3,5-8H3,(H,24,27)(H,25,28)(H,26,29). The van der Waals surface area contributed by atoms with Gasteiger partial charge in [-0.25, -0.2) is 0 Å². The van der Waals surface area contributed by atoms with Crippen LogP contribution in [0.25, 0.3) is 0 Å². The van der Waals surface area contributed by atoms with Crippen molar-refractivity contribution in [3.8, 4) is 0 Å². The zero-order valence-corrected chi connectivity index (χ0v) is 19.3. The number of carbonyl (C=O) groups excluding carboxylic acids is 3. The molecule has 3 amide bonds. The van der Waals surface area contributed by atoms with Crippen molar-refractivity contribution in [3.63, 3.8) is 0 Å². The molecule has 0 bridgehead atoms. The number of rotatable bonds is 14. The number of hydrogen-bond donors (Lipinski definition) is 3. The molecule has 0 radical (unpaired) electrons. The Hall–Kier alpha value is -2.11. The van der Waals surface area contributed by atoms with E-state index >= 15 is 0 Å². The third-order valence-corrected chi connectivity index (χ3v) is 5.54. The van der Waals surface area contributed by atoms with E-state index in [2.05, 4.69) is 36.0 Å². The Morgan fingerprint density at radius 1 is 0.759 bits per heavy atom. The molecule has 0 saturated heterocycles. The Bertz CT molecular complexity index is 610. The highest BCUT2D eigenvalue weighted by Gasteiger charge is 2.27. The van der Waals surface area contributed by atoms with Crippen molar-refractivity contribution in [1.29, 1.82) is 0 Å². The summed E-state index contributed by atoms with van der Waals surface area (Å²) in [5, 5.41) is 8.79. The minimum atomic E-state index is -0.376. The maximum absolute atomic E-state index is 12.3. The molecule has 0 fully saturated rings. The maximum atomic E-state index is 12.3. The zero-order valence-electron chi connectivity index (χ0n) is 19.3. The summed E-state index contributed by atoms with van der Waals surface area (Å²) >= 11 is 0. The molecule has 0 aliphatic carbocycles. The highest BCUT2D eigenvalue weighted by molar-refractivity contribution is 5.92. The number of carbonyl (C=O) groups is 3. The van der Waals surface area contributed by atoms with Crippen molar-refractivity contribution in [1.82, 2.24) is 16.0 Å². The monoisotopic (exact) mass is 407 g/mol. The predicted octanol–water partition coefficient (Wildman–Crippen LogP) is 3.49. The fraction of sp³-hybridized carbons (Fsp3) is 0.696. The average Bonchev–Trinajstić information content (AvgIpc) is 2.64. The van der Waals surface area contributed by atoms with Crippen LogP contribution in [0.2, 0.25) is 0 Å². The number of amides is 3. The Morgan fingerprint density at radius 2 is 1.21 bits per heavy atom. The normalized spacial score (nSPS) is 13.2. The van der Waals surface area contributed by atoms with Gasteiger partial charge in [0.1, 0.15) is 0 Å². The first kappa shape index (κ1) is 26.9. The smallest absolute Gasteiger partial charge is 0.246 e. The van der Waals surface area contributed by atoms with E-state index in [1.807, 2.05) is 20.8 Å². The molecule has 3 N–H and O–H groups in total. The average molecular weight is 408 g/mol. The van der Waals surface area contributed by atoms with Gasteiger partial charge in [0.15, 0.2) is 0 Å². The molecular formula is C23H41N3O3. The molecular weight excluding hydrogens is 366 g/mol. The van der Waals surface area contributed by atoms with E-state index in [0.717, 1.165) is 32.1 Å². The van der Waals surface area contributed by atoms with Gasteiger partial charge in [0, 0.05) is 36.2 Å². The Labute approximate surface area is 177 Å². The zero-order chi connectivity index (χ0) is 22.7. The first-order valence-electron chi connectivity index (χ1n) is 10.5. The van der Waals surface area contributed by atoms with Crippen LogP contribution in [0, 0.1) is 10.8 Å². The van der Waals surface area contributed by atoms with Crippen LogP contribution in [0.4, 0.5) is 0 Å². The van der Waals surface area contributed by atoms with Gasteiger partial charge in [-0.2, -0.15) is 0 Å². The Morgan fingerprint density at radius 3 is 1.66 bits per heavy atom. The van der Waals surface area contributed by atoms with E-state index in [9.17, 15) is 14.4 Å². The van der Waals surface area contributed by atoms with Crippen LogP contribution < -0.4 is 16.0 Å². The second kappa shape index (κ2) is 12.5. The summed E-state index contributed by atoms with van der Waals surface area (Å²) in [5.74, 6) is -0.208. The van der Waals surface area contributed by atoms with Gasteiger partial charge in [0.25, 0.3) is 0 Å². The van der Waals surface area contributed by atoms with Gasteiger partial charge in [-0.3, -0.25) is 14.4 Å². The first-order chi connectivity index (χ1) is 13.3. The van der Waals surface area contributed by atoms with E-state index in [1.54, 1.807) is 13.8 Å². The minimum Gasteiger partial charge on any atom is -0.356 e. The van der Waals surface area contributed by atoms with Gasteiger partial charge in [-0.05, 0) is 51.4 Å². The molecule has 0 rings (SSSR count). The van der Waals surface area contributed by atoms with Crippen LogP contribution in [0.3, 0.4) is 0 Å². The van der Waals surface area contributed by atoms with Gasteiger partial charge in [-0.15, -0.1) is 0 Å². The molecule has 0 aliphatic rings. The fourth-order valence-corrected chi connectivity index (χ4v) is 2.75. The lowest BCUT2D eigenvalue weighted by atomic mass is 9.78. The van der Waals surface area contributed by atoms with E-state index in [1.165, 1.54) is 0 Å². The summed E-state index contributed by atoms with van der Waals surface area (Å²) in [6.07, 6.45) is 4.06. The van der Waals surface area contributed by atoms with Gasteiger partial charge >= 0.3 is 0 Å². The first-order valence-corrected chi connectivity index (χ1v) is 10.5. The van der Waals surface area contributed by atoms with Crippen LogP contribution in [0.5, 0.6) is 0 Å². The van der Waals surface area contributed by atoms with Gasteiger partial charge in [0.2, 0.25) is 17.7 Å². The molecule has 0 aromatic carbocycles. The number of nitrogens with one attached hydrogen (secondary N) is 3. The lowest BCUT2D eigenvalue weighted by Crippen LogP contribution is -2.39.